The van der Waals surface area contributed by atoms with Crippen LogP contribution < -0.4 is 4.90 Å². The van der Waals surface area contributed by atoms with Crippen molar-refractivity contribution in [3.8, 4) is 0 Å². The first-order valence-corrected chi connectivity index (χ1v) is 9.38. The summed E-state index contributed by atoms with van der Waals surface area (Å²) in [5.41, 5.74) is 4.54. The maximum atomic E-state index is 13.2. The second-order valence-corrected chi connectivity index (χ2v) is 7.41. The van der Waals surface area contributed by atoms with Crippen LogP contribution in [-0.2, 0) is 14.3 Å². The highest BCUT2D eigenvalue weighted by Gasteiger charge is 2.38. The van der Waals surface area contributed by atoms with Crippen LogP contribution >= 0.6 is 23.2 Å². The second kappa shape index (κ2) is 7.82. The van der Waals surface area contributed by atoms with Crippen molar-refractivity contribution in [2.24, 2.45) is 0 Å². The number of halogens is 2. The van der Waals surface area contributed by atoms with E-state index in [1.165, 1.54) is 12.0 Å². The molecule has 4 nitrogen and oxygen atoms in total. The zero-order valence-electron chi connectivity index (χ0n) is 16.0. The zero-order valence-corrected chi connectivity index (χ0v) is 17.5. The summed E-state index contributed by atoms with van der Waals surface area (Å²) in [5, 5.41) is 0.783. The average molecular weight is 416 g/mol. The number of methoxy groups -OCH3 is 1. The molecule has 28 heavy (non-hydrogen) atoms. The number of benzene rings is 2. The Morgan fingerprint density at radius 2 is 1.71 bits per heavy atom. The molecule has 0 bridgehead atoms. The number of rotatable bonds is 3. The number of nitrogens with zero attached hydrogens (tertiary/aromatic N) is 1. The predicted molar refractivity (Wildman–Crippen MR) is 113 cm³/mol. The van der Waals surface area contributed by atoms with Crippen molar-refractivity contribution < 1.29 is 14.3 Å². The van der Waals surface area contributed by atoms with Gasteiger partial charge in [0.2, 0.25) is 0 Å². The fourth-order valence-corrected chi connectivity index (χ4v) is 3.43. The molecule has 0 radical (unpaired) electrons. The zero-order chi connectivity index (χ0) is 20.6. The molecule has 1 aliphatic rings. The Morgan fingerprint density at radius 3 is 2.32 bits per heavy atom. The molecule has 0 atom stereocenters. The maximum Gasteiger partial charge on any atom is 0.340 e. The van der Waals surface area contributed by atoms with E-state index in [4.69, 9.17) is 27.9 Å². The van der Waals surface area contributed by atoms with Gasteiger partial charge in [0.25, 0.3) is 5.91 Å². The minimum absolute atomic E-state index is 0.233. The number of carbonyl (C=O) groups is 2. The third-order valence-corrected chi connectivity index (χ3v) is 5.53. The highest BCUT2D eigenvalue weighted by atomic mass is 35.5. The number of hydrogen-bond donors (Lipinski definition) is 0. The average Bonchev–Trinajstić information content (AvgIpc) is 2.90. The van der Waals surface area contributed by atoms with E-state index in [1.807, 2.05) is 32.0 Å². The number of allylic oxidation sites excluding steroid dienone is 1. The minimum atomic E-state index is -0.566. The summed E-state index contributed by atoms with van der Waals surface area (Å²) in [6.45, 7) is 5.71. The fraction of sp³-hybridized carbons (Fsp3) is 0.182. The molecule has 0 unspecified atom stereocenters. The van der Waals surface area contributed by atoms with E-state index < -0.39 is 5.97 Å². The lowest BCUT2D eigenvalue weighted by atomic mass is 10.0. The van der Waals surface area contributed by atoms with Gasteiger partial charge in [0, 0.05) is 11.4 Å². The van der Waals surface area contributed by atoms with Gasteiger partial charge >= 0.3 is 5.97 Å². The molecule has 1 aliphatic heterocycles. The molecule has 0 saturated carbocycles. The first-order valence-electron chi connectivity index (χ1n) is 8.62. The number of esters is 1. The number of ether oxygens (including phenoxy) is 1. The van der Waals surface area contributed by atoms with Crippen molar-refractivity contribution in [1.82, 2.24) is 0 Å². The molecular weight excluding hydrogens is 397 g/mol. The lowest BCUT2D eigenvalue weighted by molar-refractivity contribution is -0.136. The summed E-state index contributed by atoms with van der Waals surface area (Å²) in [5.74, 6) is -0.865. The van der Waals surface area contributed by atoms with Gasteiger partial charge < -0.3 is 4.74 Å². The van der Waals surface area contributed by atoms with Gasteiger partial charge in [-0.3, -0.25) is 9.69 Å². The highest BCUT2D eigenvalue weighted by molar-refractivity contribution is 6.42. The first-order chi connectivity index (χ1) is 13.2. The molecule has 0 aromatic heterocycles. The largest absolute Gasteiger partial charge is 0.465 e. The lowest BCUT2D eigenvalue weighted by Crippen LogP contribution is -2.24. The predicted octanol–water partition coefficient (Wildman–Crippen LogP) is 5.49. The standard InChI is InChI=1S/C22H19Cl2NO3/c1-12-5-7-16(9-13(12)2)25-14(3)20(22(27)28-4)17(21(25)26)10-15-6-8-18(23)19(24)11-15/h5-11H,1-4H3/b17-10-. The summed E-state index contributed by atoms with van der Waals surface area (Å²) in [6, 6.07) is 10.8. The maximum absolute atomic E-state index is 13.2. The molecular formula is C22H19Cl2NO3. The Labute approximate surface area is 174 Å². The van der Waals surface area contributed by atoms with E-state index in [2.05, 4.69) is 0 Å². The molecule has 0 spiro atoms. The van der Waals surface area contributed by atoms with Crippen molar-refractivity contribution in [3.63, 3.8) is 0 Å². The normalized spacial score (nSPS) is 15.6. The summed E-state index contributed by atoms with van der Waals surface area (Å²) in [7, 11) is 1.29. The number of amides is 1. The second-order valence-electron chi connectivity index (χ2n) is 6.59. The molecule has 3 rings (SSSR count). The van der Waals surface area contributed by atoms with Crippen LogP contribution in [0.15, 0.2) is 53.2 Å². The highest BCUT2D eigenvalue weighted by Crippen LogP contribution is 2.36. The van der Waals surface area contributed by atoms with Gasteiger partial charge in [-0.25, -0.2) is 4.79 Å². The van der Waals surface area contributed by atoms with Crippen molar-refractivity contribution >= 4 is 46.8 Å². The molecule has 0 fully saturated rings. The van der Waals surface area contributed by atoms with Crippen LogP contribution in [0.1, 0.15) is 23.6 Å². The van der Waals surface area contributed by atoms with Crippen LogP contribution in [0.25, 0.3) is 6.08 Å². The van der Waals surface area contributed by atoms with E-state index in [0.717, 1.165) is 11.1 Å². The third kappa shape index (κ3) is 3.58. The Hall–Kier alpha value is -2.56. The van der Waals surface area contributed by atoms with E-state index in [1.54, 1.807) is 31.2 Å². The number of anilines is 1. The number of hydrogen-bond acceptors (Lipinski definition) is 3. The monoisotopic (exact) mass is 415 g/mol. The molecule has 0 aliphatic carbocycles. The number of aryl methyl sites for hydroxylation is 2. The topological polar surface area (TPSA) is 46.6 Å². The van der Waals surface area contributed by atoms with Gasteiger partial charge in [-0.2, -0.15) is 0 Å². The first kappa shape index (κ1) is 20.2. The Balaban J connectivity index is 2.15. The van der Waals surface area contributed by atoms with Crippen LogP contribution in [-0.4, -0.2) is 19.0 Å². The molecule has 0 N–H and O–H groups in total. The van der Waals surface area contributed by atoms with Crippen LogP contribution in [0.4, 0.5) is 5.69 Å². The van der Waals surface area contributed by atoms with E-state index in [9.17, 15) is 9.59 Å². The molecule has 2 aromatic rings. The van der Waals surface area contributed by atoms with Gasteiger partial charge in [0.05, 0.1) is 28.3 Å². The van der Waals surface area contributed by atoms with E-state index >= 15 is 0 Å². The summed E-state index contributed by atoms with van der Waals surface area (Å²) < 4.78 is 4.93. The third-order valence-electron chi connectivity index (χ3n) is 4.79. The minimum Gasteiger partial charge on any atom is -0.465 e. The van der Waals surface area contributed by atoms with Crippen molar-refractivity contribution in [2.75, 3.05) is 12.0 Å². The molecule has 0 saturated heterocycles. The molecule has 2 aromatic carbocycles. The Kier molecular flexibility index (Phi) is 5.64. The van der Waals surface area contributed by atoms with Gasteiger partial charge in [-0.15, -0.1) is 0 Å². The van der Waals surface area contributed by atoms with Crippen molar-refractivity contribution in [1.29, 1.82) is 0 Å². The van der Waals surface area contributed by atoms with Gasteiger partial charge in [-0.1, -0.05) is 35.3 Å². The summed E-state index contributed by atoms with van der Waals surface area (Å²) >= 11 is 12.1. The Morgan fingerprint density at radius 1 is 1.00 bits per heavy atom. The Bertz CT molecular complexity index is 1050. The quantitative estimate of drug-likeness (QED) is 0.491. The number of carbonyl (C=O) groups excluding carboxylic acids is 2. The summed E-state index contributed by atoms with van der Waals surface area (Å²) in [4.78, 5) is 27.2. The van der Waals surface area contributed by atoms with Gasteiger partial charge in [-0.05, 0) is 67.8 Å². The van der Waals surface area contributed by atoms with Crippen LogP contribution in [0.2, 0.25) is 10.0 Å². The molecule has 1 amide bonds. The molecule has 6 heteroatoms. The summed E-state index contributed by atoms with van der Waals surface area (Å²) in [6.07, 6.45) is 1.63. The van der Waals surface area contributed by atoms with E-state index in [-0.39, 0.29) is 17.1 Å². The fourth-order valence-electron chi connectivity index (χ4n) is 3.12. The van der Waals surface area contributed by atoms with Gasteiger partial charge in [0.1, 0.15) is 0 Å². The van der Waals surface area contributed by atoms with Crippen molar-refractivity contribution in [2.45, 2.75) is 20.8 Å². The SMILES string of the molecule is COC(=O)C1=C(C)N(c2ccc(C)c(C)c2)C(=O)/C1=C\c1ccc(Cl)c(Cl)c1. The van der Waals surface area contributed by atoms with Crippen LogP contribution in [0.5, 0.6) is 0 Å². The molecule has 1 heterocycles. The smallest absolute Gasteiger partial charge is 0.340 e. The van der Waals surface area contributed by atoms with Crippen molar-refractivity contribution in [3.05, 3.63) is 80.0 Å². The molecule has 144 valence electrons. The van der Waals surface area contributed by atoms with Crippen LogP contribution in [0.3, 0.4) is 0 Å². The van der Waals surface area contributed by atoms with E-state index in [0.29, 0.717) is 27.0 Å². The lowest BCUT2D eigenvalue weighted by Gasteiger charge is -2.19. The van der Waals surface area contributed by atoms with Gasteiger partial charge in [0.15, 0.2) is 0 Å². The van der Waals surface area contributed by atoms with Crippen LogP contribution in [0, 0.1) is 13.8 Å².